The molecule has 1 amide bonds. The second-order valence-electron chi connectivity index (χ2n) is 8.63. The van der Waals surface area contributed by atoms with E-state index in [4.69, 9.17) is 32.7 Å². The van der Waals surface area contributed by atoms with E-state index in [-0.39, 0.29) is 6.61 Å². The summed E-state index contributed by atoms with van der Waals surface area (Å²) in [7, 11) is -2.26. The Bertz CT molecular complexity index is 1690. The zero-order valence-electron chi connectivity index (χ0n) is 21.4. The molecule has 0 spiro atoms. The molecule has 4 aromatic carbocycles. The Balaban J connectivity index is 1.46. The first-order valence-corrected chi connectivity index (χ1v) is 15.2. The summed E-state index contributed by atoms with van der Waals surface area (Å²) >= 11 is 15.5. The van der Waals surface area contributed by atoms with Crippen LogP contribution in [0.1, 0.15) is 11.1 Å². The number of carbonyl (C=O) groups excluding carboxylic acids is 1. The monoisotopic (exact) mass is 663 g/mol. The number of carbonyl (C=O) groups is 1. The molecule has 0 heterocycles. The van der Waals surface area contributed by atoms with Crippen molar-refractivity contribution in [2.45, 2.75) is 6.61 Å². The Kier molecular flexibility index (Phi) is 9.57. The van der Waals surface area contributed by atoms with Crippen LogP contribution >= 0.6 is 39.1 Å². The molecule has 0 saturated heterocycles. The van der Waals surface area contributed by atoms with Crippen LogP contribution in [-0.2, 0) is 21.4 Å². The molecule has 4 aromatic rings. The maximum atomic E-state index is 12.7. The van der Waals surface area contributed by atoms with Gasteiger partial charge in [-0.05, 0) is 62.8 Å². The first-order valence-electron chi connectivity index (χ1n) is 11.8. The largest absolute Gasteiger partial charge is 0.493 e. The summed E-state index contributed by atoms with van der Waals surface area (Å²) < 4.78 is 38.2. The van der Waals surface area contributed by atoms with Gasteiger partial charge in [0.15, 0.2) is 11.5 Å². The number of methoxy groups -OCH3 is 1. The van der Waals surface area contributed by atoms with Gasteiger partial charge in [0.05, 0.1) is 39.8 Å². The molecule has 208 valence electrons. The molecule has 8 nitrogen and oxygen atoms in total. The fourth-order valence-electron chi connectivity index (χ4n) is 3.89. The fraction of sp³-hybridized carbons (Fsp3) is 0.143. The number of nitrogens with one attached hydrogen (secondary N) is 1. The highest BCUT2D eigenvalue weighted by Crippen LogP contribution is 2.37. The number of hydrogen-bond donors (Lipinski definition) is 1. The first-order chi connectivity index (χ1) is 19.1. The van der Waals surface area contributed by atoms with Gasteiger partial charge in [-0.3, -0.25) is 9.10 Å². The molecule has 0 aliphatic rings. The van der Waals surface area contributed by atoms with Gasteiger partial charge in [-0.1, -0.05) is 65.7 Å². The third-order valence-electron chi connectivity index (χ3n) is 5.74. The second-order valence-corrected chi connectivity index (χ2v) is 12.2. The van der Waals surface area contributed by atoms with E-state index in [9.17, 15) is 13.2 Å². The van der Waals surface area contributed by atoms with Crippen LogP contribution in [0.5, 0.6) is 11.5 Å². The number of anilines is 1. The van der Waals surface area contributed by atoms with Gasteiger partial charge < -0.3 is 9.47 Å². The van der Waals surface area contributed by atoms with Crippen LogP contribution in [0, 0.1) is 0 Å². The molecule has 0 bridgehead atoms. The lowest BCUT2D eigenvalue weighted by Crippen LogP contribution is -2.39. The zero-order chi connectivity index (χ0) is 28.9. The molecule has 40 heavy (non-hydrogen) atoms. The van der Waals surface area contributed by atoms with Crippen molar-refractivity contribution < 1.29 is 22.7 Å². The van der Waals surface area contributed by atoms with Crippen molar-refractivity contribution in [2.75, 3.05) is 24.2 Å². The SMILES string of the molecule is COc1cc(/C=N\NC(=O)CN(c2cccc3ccccc23)S(C)(=O)=O)cc(Br)c1OCc1ccc(Cl)c(Cl)c1. The number of halogens is 3. The fourth-order valence-corrected chi connectivity index (χ4v) is 5.65. The van der Waals surface area contributed by atoms with E-state index in [1.54, 1.807) is 36.4 Å². The Morgan fingerprint density at radius 2 is 1.80 bits per heavy atom. The quantitative estimate of drug-likeness (QED) is 0.156. The van der Waals surface area contributed by atoms with Gasteiger partial charge in [0.25, 0.3) is 5.91 Å². The molecule has 0 aliphatic heterocycles. The molecule has 0 unspecified atom stereocenters. The molecular formula is C28H24BrCl2N3O5S. The summed E-state index contributed by atoms with van der Waals surface area (Å²) in [6.45, 7) is -0.221. The van der Waals surface area contributed by atoms with Crippen molar-refractivity contribution >= 4 is 77.7 Å². The minimum Gasteiger partial charge on any atom is -0.493 e. The van der Waals surface area contributed by atoms with Crippen molar-refractivity contribution in [2.24, 2.45) is 5.10 Å². The van der Waals surface area contributed by atoms with Gasteiger partial charge in [-0.15, -0.1) is 0 Å². The van der Waals surface area contributed by atoms with Crippen LogP contribution in [-0.4, -0.2) is 40.4 Å². The van der Waals surface area contributed by atoms with Gasteiger partial charge >= 0.3 is 0 Å². The van der Waals surface area contributed by atoms with Crippen molar-refractivity contribution in [1.82, 2.24) is 5.43 Å². The van der Waals surface area contributed by atoms with E-state index >= 15 is 0 Å². The highest BCUT2D eigenvalue weighted by Gasteiger charge is 2.22. The van der Waals surface area contributed by atoms with E-state index in [0.717, 1.165) is 21.5 Å². The average Bonchev–Trinajstić information content (AvgIpc) is 2.92. The molecule has 0 aliphatic carbocycles. The normalized spacial score (nSPS) is 11.5. The number of amides is 1. The van der Waals surface area contributed by atoms with E-state index in [2.05, 4.69) is 26.5 Å². The van der Waals surface area contributed by atoms with Gasteiger partial charge in [0.2, 0.25) is 10.0 Å². The van der Waals surface area contributed by atoms with Gasteiger partial charge in [-0.2, -0.15) is 5.10 Å². The molecule has 12 heteroatoms. The predicted octanol–water partition coefficient (Wildman–Crippen LogP) is 6.41. The topological polar surface area (TPSA) is 97.3 Å². The Morgan fingerprint density at radius 3 is 2.52 bits per heavy atom. The van der Waals surface area contributed by atoms with E-state index in [0.29, 0.717) is 42.7 Å². The lowest BCUT2D eigenvalue weighted by Gasteiger charge is -2.23. The second kappa shape index (κ2) is 12.9. The number of rotatable bonds is 10. The summed E-state index contributed by atoms with van der Waals surface area (Å²) in [6.07, 6.45) is 2.47. The third kappa shape index (κ3) is 7.25. The smallest absolute Gasteiger partial charge is 0.260 e. The Labute approximate surface area is 250 Å². The number of fused-ring (bicyclic) bond motifs is 1. The number of hydrazone groups is 1. The first kappa shape index (κ1) is 29.7. The standard InChI is InChI=1S/C28H24BrCl2N3O5S/c1-38-26-14-19(12-22(29)28(26)39-17-18-10-11-23(30)24(31)13-18)15-32-33-27(35)16-34(40(2,36)37)25-9-5-7-20-6-3-4-8-21(20)25/h3-15H,16-17H2,1-2H3,(H,33,35)/b32-15-. The Morgan fingerprint density at radius 1 is 1.05 bits per heavy atom. The molecule has 0 radical (unpaired) electrons. The molecule has 1 N–H and O–H groups in total. The van der Waals surface area contributed by atoms with E-state index < -0.39 is 22.5 Å². The summed E-state index contributed by atoms with van der Waals surface area (Å²) in [5.41, 5.74) is 4.22. The molecule has 0 fully saturated rings. The number of ether oxygens (including phenoxy) is 2. The minimum atomic E-state index is -3.76. The van der Waals surface area contributed by atoms with Crippen LogP contribution in [0.2, 0.25) is 10.0 Å². The molecule has 0 atom stereocenters. The Hall–Kier alpha value is -3.31. The van der Waals surface area contributed by atoms with Gasteiger partial charge in [0.1, 0.15) is 13.2 Å². The summed E-state index contributed by atoms with van der Waals surface area (Å²) in [5, 5.41) is 6.46. The highest BCUT2D eigenvalue weighted by atomic mass is 79.9. The zero-order valence-corrected chi connectivity index (χ0v) is 25.3. The summed E-state index contributed by atoms with van der Waals surface area (Å²) in [4.78, 5) is 12.7. The lowest BCUT2D eigenvalue weighted by molar-refractivity contribution is -0.119. The van der Waals surface area contributed by atoms with Crippen molar-refractivity contribution in [3.8, 4) is 11.5 Å². The van der Waals surface area contributed by atoms with Crippen LogP contribution in [0.15, 0.2) is 82.4 Å². The van der Waals surface area contributed by atoms with Gasteiger partial charge in [0, 0.05) is 5.39 Å². The van der Waals surface area contributed by atoms with Crippen LogP contribution in [0.25, 0.3) is 10.8 Å². The third-order valence-corrected chi connectivity index (χ3v) is 8.20. The number of sulfonamides is 1. The minimum absolute atomic E-state index is 0.225. The van der Waals surface area contributed by atoms with Crippen LogP contribution < -0.4 is 19.2 Å². The van der Waals surface area contributed by atoms with Gasteiger partial charge in [-0.25, -0.2) is 13.8 Å². The van der Waals surface area contributed by atoms with Crippen molar-refractivity contribution in [3.63, 3.8) is 0 Å². The lowest BCUT2D eigenvalue weighted by atomic mass is 10.1. The van der Waals surface area contributed by atoms with Crippen LogP contribution in [0.4, 0.5) is 5.69 Å². The average molecular weight is 665 g/mol. The predicted molar refractivity (Wildman–Crippen MR) is 163 cm³/mol. The summed E-state index contributed by atoms with van der Waals surface area (Å²) in [5.74, 6) is 0.289. The molecule has 0 aromatic heterocycles. The van der Waals surface area contributed by atoms with E-state index in [1.807, 2.05) is 36.4 Å². The molecular weight excluding hydrogens is 641 g/mol. The maximum Gasteiger partial charge on any atom is 0.260 e. The molecule has 0 saturated carbocycles. The number of benzene rings is 4. The summed E-state index contributed by atoms with van der Waals surface area (Å²) in [6, 6.07) is 21.3. The van der Waals surface area contributed by atoms with E-state index in [1.165, 1.54) is 13.3 Å². The highest BCUT2D eigenvalue weighted by molar-refractivity contribution is 9.10. The van der Waals surface area contributed by atoms with Crippen molar-refractivity contribution in [3.05, 3.63) is 98.4 Å². The van der Waals surface area contributed by atoms with Crippen molar-refractivity contribution in [1.29, 1.82) is 0 Å². The number of nitrogens with zero attached hydrogens (tertiary/aromatic N) is 2. The molecule has 4 rings (SSSR count). The van der Waals surface area contributed by atoms with Crippen LogP contribution in [0.3, 0.4) is 0 Å². The number of hydrogen-bond acceptors (Lipinski definition) is 6. The maximum absolute atomic E-state index is 12.7.